The summed E-state index contributed by atoms with van der Waals surface area (Å²) in [6.07, 6.45) is -0.827. The van der Waals surface area contributed by atoms with E-state index in [1.165, 1.54) is 23.1 Å². The van der Waals surface area contributed by atoms with E-state index in [9.17, 15) is 18.0 Å². The summed E-state index contributed by atoms with van der Waals surface area (Å²) < 4.78 is 39.3. The number of piperazine rings is 1. The Labute approximate surface area is 166 Å². The van der Waals surface area contributed by atoms with E-state index in [4.69, 9.17) is 0 Å². The highest BCUT2D eigenvalue weighted by atomic mass is 19.4. The first kappa shape index (κ1) is 19.3. The van der Waals surface area contributed by atoms with Crippen molar-refractivity contribution >= 4 is 23.9 Å². The van der Waals surface area contributed by atoms with Crippen LogP contribution >= 0.6 is 0 Å². The Morgan fingerprint density at radius 3 is 2.62 bits per heavy atom. The fourth-order valence-corrected chi connectivity index (χ4v) is 3.57. The average molecular weight is 406 g/mol. The van der Waals surface area contributed by atoms with Crippen molar-refractivity contribution in [1.82, 2.24) is 14.7 Å². The number of rotatable bonds is 2. The van der Waals surface area contributed by atoms with Crippen LogP contribution in [-0.2, 0) is 6.18 Å². The minimum Gasteiger partial charge on any atom is -0.353 e. The maximum atomic E-state index is 13.1. The number of para-hydroxylation sites is 1. The molecule has 3 aliphatic heterocycles. The van der Waals surface area contributed by atoms with Gasteiger partial charge in [-0.25, -0.2) is 9.79 Å². The Bertz CT molecular complexity index is 886. The van der Waals surface area contributed by atoms with Gasteiger partial charge in [-0.15, -0.1) is 0 Å². The second kappa shape index (κ2) is 7.41. The molecule has 29 heavy (non-hydrogen) atoms. The van der Waals surface area contributed by atoms with Gasteiger partial charge in [-0.05, 0) is 19.1 Å². The number of benzene rings is 1. The zero-order chi connectivity index (χ0) is 20.6. The number of amides is 2. The lowest BCUT2D eigenvalue weighted by atomic mass is 10.1. The number of amidine groups is 1. The molecule has 1 saturated heterocycles. The van der Waals surface area contributed by atoms with Crippen molar-refractivity contribution in [3.05, 3.63) is 41.7 Å². The van der Waals surface area contributed by atoms with Crippen molar-refractivity contribution in [2.75, 3.05) is 38.0 Å². The summed E-state index contributed by atoms with van der Waals surface area (Å²) in [5.41, 5.74) is -1.09. The third-order valence-electron chi connectivity index (χ3n) is 5.06. The number of carbonyl (C=O) groups is 1. The predicted molar refractivity (Wildman–Crippen MR) is 104 cm³/mol. The molecule has 7 nitrogen and oxygen atoms in total. The standard InChI is InChI=1S/C19H21F3N6O/c1-13-11-28-12-23-16(10-17(28)24-13)26-6-8-27(9-7-26)18(29)25-15-5-3-2-4-14(15)19(20,21)22/h2-5,10,12-13H,6-9,11H2,1H3,(H,25,29). The summed E-state index contributed by atoms with van der Waals surface area (Å²) in [6, 6.07) is 4.66. The quantitative estimate of drug-likeness (QED) is 0.822. The van der Waals surface area contributed by atoms with Crippen molar-refractivity contribution in [3.63, 3.8) is 0 Å². The van der Waals surface area contributed by atoms with Crippen molar-refractivity contribution in [3.8, 4) is 0 Å². The van der Waals surface area contributed by atoms with Gasteiger partial charge in [-0.3, -0.25) is 4.99 Å². The summed E-state index contributed by atoms with van der Waals surface area (Å²) >= 11 is 0. The largest absolute Gasteiger partial charge is 0.418 e. The normalized spacial score (nSPS) is 21.7. The van der Waals surface area contributed by atoms with Crippen LogP contribution < -0.4 is 5.32 Å². The van der Waals surface area contributed by atoms with E-state index in [2.05, 4.69) is 15.3 Å². The minimum absolute atomic E-state index is 0.229. The number of alkyl halides is 3. The predicted octanol–water partition coefficient (Wildman–Crippen LogP) is 2.84. The highest BCUT2D eigenvalue weighted by molar-refractivity contribution is 6.03. The van der Waals surface area contributed by atoms with E-state index in [0.717, 1.165) is 24.3 Å². The van der Waals surface area contributed by atoms with Gasteiger partial charge >= 0.3 is 12.2 Å². The van der Waals surface area contributed by atoms with E-state index in [1.807, 2.05) is 22.8 Å². The van der Waals surface area contributed by atoms with Crippen molar-refractivity contribution < 1.29 is 18.0 Å². The molecule has 1 aromatic rings. The summed E-state index contributed by atoms with van der Waals surface area (Å²) in [4.78, 5) is 27.1. The van der Waals surface area contributed by atoms with Crippen molar-refractivity contribution in [2.24, 2.45) is 9.98 Å². The van der Waals surface area contributed by atoms with Crippen LogP contribution in [0, 0.1) is 0 Å². The first-order valence-electron chi connectivity index (χ1n) is 9.39. The number of hydrogen-bond donors (Lipinski definition) is 1. The number of carbonyl (C=O) groups excluding carboxylic acids is 1. The van der Waals surface area contributed by atoms with Gasteiger partial charge < -0.3 is 20.0 Å². The molecule has 0 radical (unpaired) electrons. The molecule has 0 aliphatic carbocycles. The lowest BCUT2D eigenvalue weighted by Gasteiger charge is -2.36. The number of urea groups is 1. The lowest BCUT2D eigenvalue weighted by molar-refractivity contribution is -0.136. The molecule has 0 spiro atoms. The summed E-state index contributed by atoms with van der Waals surface area (Å²) in [5.74, 6) is 1.67. The van der Waals surface area contributed by atoms with Gasteiger partial charge in [0.25, 0.3) is 0 Å². The highest BCUT2D eigenvalue weighted by Gasteiger charge is 2.34. The van der Waals surface area contributed by atoms with Crippen LogP contribution in [0.3, 0.4) is 0 Å². The number of fused-ring (bicyclic) bond motifs is 1. The monoisotopic (exact) mass is 406 g/mol. The van der Waals surface area contributed by atoms with Crippen LogP contribution in [0.15, 0.2) is 46.1 Å². The van der Waals surface area contributed by atoms with Gasteiger partial charge in [0.15, 0.2) is 0 Å². The number of anilines is 1. The van der Waals surface area contributed by atoms with Crippen LogP contribution in [0.1, 0.15) is 12.5 Å². The molecule has 3 aliphatic rings. The number of hydrogen-bond acceptors (Lipinski definition) is 5. The van der Waals surface area contributed by atoms with Gasteiger partial charge in [-0.2, -0.15) is 13.2 Å². The zero-order valence-corrected chi connectivity index (χ0v) is 15.9. The molecule has 0 saturated carbocycles. The second-order valence-electron chi connectivity index (χ2n) is 7.18. The van der Waals surface area contributed by atoms with E-state index < -0.39 is 17.8 Å². The summed E-state index contributed by atoms with van der Waals surface area (Å²) in [5, 5.41) is 2.39. The van der Waals surface area contributed by atoms with E-state index in [-0.39, 0.29) is 11.7 Å². The van der Waals surface area contributed by atoms with E-state index in [1.54, 1.807) is 6.34 Å². The fourth-order valence-electron chi connectivity index (χ4n) is 3.57. The van der Waals surface area contributed by atoms with Gasteiger partial charge in [0, 0.05) is 38.8 Å². The van der Waals surface area contributed by atoms with E-state index >= 15 is 0 Å². The number of nitrogens with one attached hydrogen (secondary N) is 1. The number of nitrogens with zero attached hydrogens (tertiary/aromatic N) is 5. The molecule has 3 heterocycles. The van der Waals surface area contributed by atoms with Crippen LogP contribution in [0.4, 0.5) is 23.7 Å². The summed E-state index contributed by atoms with van der Waals surface area (Å²) in [6.45, 7) is 4.72. The Hall–Kier alpha value is -3.04. The average Bonchev–Trinajstić information content (AvgIpc) is 3.07. The molecule has 1 N–H and O–H groups in total. The minimum atomic E-state index is -4.53. The Balaban J connectivity index is 1.37. The van der Waals surface area contributed by atoms with Gasteiger partial charge in [0.05, 0.1) is 23.6 Å². The number of halogens is 3. The van der Waals surface area contributed by atoms with E-state index in [0.29, 0.717) is 26.2 Å². The third-order valence-corrected chi connectivity index (χ3v) is 5.06. The molecule has 2 amide bonds. The Morgan fingerprint density at radius 2 is 1.90 bits per heavy atom. The van der Waals surface area contributed by atoms with Gasteiger partial charge in [0.2, 0.25) is 0 Å². The molecule has 0 bridgehead atoms. The summed E-state index contributed by atoms with van der Waals surface area (Å²) in [7, 11) is 0. The van der Waals surface area contributed by atoms with Crippen LogP contribution in [0.5, 0.6) is 0 Å². The molecule has 1 atom stereocenters. The van der Waals surface area contributed by atoms with Crippen LogP contribution in [0.25, 0.3) is 0 Å². The maximum absolute atomic E-state index is 13.1. The van der Waals surface area contributed by atoms with Gasteiger partial charge in [0.1, 0.15) is 11.7 Å². The van der Waals surface area contributed by atoms with Gasteiger partial charge in [-0.1, -0.05) is 12.1 Å². The Morgan fingerprint density at radius 1 is 1.17 bits per heavy atom. The van der Waals surface area contributed by atoms with Crippen LogP contribution in [0.2, 0.25) is 0 Å². The first-order chi connectivity index (χ1) is 13.8. The SMILES string of the molecule is CC1CN2C=NC(N3CCN(C(=O)Nc4ccccc4C(F)(F)F)CC3)=CC2=N1. The molecule has 1 aromatic carbocycles. The Kier molecular flexibility index (Phi) is 4.93. The third kappa shape index (κ3) is 4.06. The molecule has 154 valence electrons. The molecule has 4 rings (SSSR count). The fraction of sp³-hybridized carbons (Fsp3) is 0.421. The van der Waals surface area contributed by atoms with Crippen molar-refractivity contribution in [1.29, 1.82) is 0 Å². The molecule has 1 fully saturated rings. The van der Waals surface area contributed by atoms with Crippen LogP contribution in [-0.4, -0.2) is 71.7 Å². The lowest BCUT2D eigenvalue weighted by Crippen LogP contribution is -2.50. The topological polar surface area (TPSA) is 63.5 Å². The molecular formula is C19H21F3N6O. The highest BCUT2D eigenvalue weighted by Crippen LogP contribution is 2.34. The number of aliphatic imine (C=N–C) groups is 2. The van der Waals surface area contributed by atoms with Crippen molar-refractivity contribution in [2.45, 2.75) is 19.1 Å². The molecule has 1 unspecified atom stereocenters. The second-order valence-corrected chi connectivity index (χ2v) is 7.18. The maximum Gasteiger partial charge on any atom is 0.418 e. The first-order valence-corrected chi connectivity index (χ1v) is 9.39. The molecule has 0 aromatic heterocycles. The zero-order valence-electron chi connectivity index (χ0n) is 15.9. The molecular weight excluding hydrogens is 385 g/mol. The smallest absolute Gasteiger partial charge is 0.353 e. The molecule has 10 heteroatoms.